The Bertz CT molecular complexity index is 368. The van der Waals surface area contributed by atoms with E-state index < -0.39 is 0 Å². The van der Waals surface area contributed by atoms with Gasteiger partial charge >= 0.3 is 0 Å². The molecule has 1 heterocycles. The highest BCUT2D eigenvalue weighted by molar-refractivity contribution is 5.03. The lowest BCUT2D eigenvalue weighted by Gasteiger charge is -2.22. The third kappa shape index (κ3) is 3.80. The molecule has 2 atom stereocenters. The highest BCUT2D eigenvalue weighted by Crippen LogP contribution is 2.27. The Labute approximate surface area is 116 Å². The fraction of sp³-hybridized carbons (Fsp3) is 0.800. The predicted octanol–water partition coefficient (Wildman–Crippen LogP) is 2.81. The zero-order valence-electron chi connectivity index (χ0n) is 12.3. The highest BCUT2D eigenvalue weighted by atomic mass is 15.3. The molecule has 1 fully saturated rings. The van der Waals surface area contributed by atoms with E-state index in [0.29, 0.717) is 18.0 Å². The molecule has 1 saturated carbocycles. The fourth-order valence-electron chi connectivity index (χ4n) is 2.97. The molecule has 1 aromatic rings. The Morgan fingerprint density at radius 3 is 2.79 bits per heavy atom. The summed E-state index contributed by atoms with van der Waals surface area (Å²) < 4.78 is 2.18. The maximum atomic E-state index is 5.66. The number of hydrogen-bond donors (Lipinski definition) is 2. The standard InChI is InChI=1S/C15H28N4/c1-3-12(2)15(17-16)11-13-9-10-19(18-13)14-7-5-4-6-8-14/h9-10,12,14-15,17H,3-8,11,16H2,1-2H3. The van der Waals surface area contributed by atoms with Crippen LogP contribution >= 0.6 is 0 Å². The lowest BCUT2D eigenvalue weighted by Crippen LogP contribution is -2.41. The van der Waals surface area contributed by atoms with Crippen molar-refractivity contribution in [2.75, 3.05) is 0 Å². The van der Waals surface area contributed by atoms with Crippen LogP contribution in [0.15, 0.2) is 12.3 Å². The number of rotatable bonds is 6. The Hall–Kier alpha value is -0.870. The maximum absolute atomic E-state index is 5.66. The number of nitrogens with two attached hydrogens (primary N) is 1. The summed E-state index contributed by atoms with van der Waals surface area (Å²) in [5.41, 5.74) is 4.10. The number of nitrogens with zero attached hydrogens (tertiary/aromatic N) is 2. The van der Waals surface area contributed by atoms with Crippen LogP contribution in [0.25, 0.3) is 0 Å². The normalized spacial score (nSPS) is 20.4. The van der Waals surface area contributed by atoms with Gasteiger partial charge in [-0.25, -0.2) is 0 Å². The molecule has 2 unspecified atom stereocenters. The van der Waals surface area contributed by atoms with Gasteiger partial charge in [-0.3, -0.25) is 16.0 Å². The molecule has 4 heteroatoms. The Balaban J connectivity index is 1.96. The zero-order chi connectivity index (χ0) is 13.7. The first kappa shape index (κ1) is 14.5. The minimum atomic E-state index is 0.319. The van der Waals surface area contributed by atoms with Crippen molar-refractivity contribution in [3.05, 3.63) is 18.0 Å². The zero-order valence-corrected chi connectivity index (χ0v) is 12.3. The molecule has 0 aromatic carbocycles. The van der Waals surface area contributed by atoms with Crippen LogP contribution in [0.3, 0.4) is 0 Å². The van der Waals surface area contributed by atoms with E-state index in [2.05, 4.69) is 36.2 Å². The van der Waals surface area contributed by atoms with Crippen molar-refractivity contribution in [3.8, 4) is 0 Å². The smallest absolute Gasteiger partial charge is 0.0640 e. The molecule has 2 rings (SSSR count). The molecule has 0 spiro atoms. The molecule has 3 N–H and O–H groups in total. The summed E-state index contributed by atoms with van der Waals surface area (Å²) in [5, 5.41) is 4.76. The summed E-state index contributed by atoms with van der Waals surface area (Å²) in [4.78, 5) is 0. The highest BCUT2D eigenvalue weighted by Gasteiger charge is 2.19. The number of aromatic nitrogens is 2. The second kappa shape index (κ2) is 7.06. The third-order valence-electron chi connectivity index (χ3n) is 4.59. The largest absolute Gasteiger partial charge is 0.271 e. The van der Waals surface area contributed by atoms with Crippen LogP contribution in [-0.2, 0) is 6.42 Å². The van der Waals surface area contributed by atoms with Crippen molar-refractivity contribution < 1.29 is 0 Å². The summed E-state index contributed by atoms with van der Waals surface area (Å²) in [7, 11) is 0. The maximum Gasteiger partial charge on any atom is 0.0640 e. The van der Waals surface area contributed by atoms with Gasteiger partial charge in [-0.1, -0.05) is 39.5 Å². The van der Waals surface area contributed by atoms with Gasteiger partial charge in [0.2, 0.25) is 0 Å². The van der Waals surface area contributed by atoms with Gasteiger partial charge in [0.1, 0.15) is 0 Å². The average molecular weight is 264 g/mol. The van der Waals surface area contributed by atoms with Crippen molar-refractivity contribution in [2.45, 2.75) is 70.9 Å². The first-order valence-corrected chi connectivity index (χ1v) is 7.74. The lowest BCUT2D eigenvalue weighted by atomic mass is 9.96. The van der Waals surface area contributed by atoms with E-state index in [4.69, 9.17) is 10.9 Å². The summed E-state index contributed by atoms with van der Waals surface area (Å²) in [6.45, 7) is 4.44. The molecular formula is C15H28N4. The molecule has 1 aromatic heterocycles. The number of hydrazine groups is 1. The molecule has 19 heavy (non-hydrogen) atoms. The van der Waals surface area contributed by atoms with Crippen molar-refractivity contribution in [3.63, 3.8) is 0 Å². The number of nitrogens with one attached hydrogen (secondary N) is 1. The molecule has 0 radical (unpaired) electrons. The van der Waals surface area contributed by atoms with Crippen molar-refractivity contribution in [1.29, 1.82) is 0 Å². The van der Waals surface area contributed by atoms with Crippen LogP contribution in [0, 0.1) is 5.92 Å². The van der Waals surface area contributed by atoms with Crippen molar-refractivity contribution in [2.24, 2.45) is 11.8 Å². The average Bonchev–Trinajstić information content (AvgIpc) is 2.93. The molecule has 0 bridgehead atoms. The van der Waals surface area contributed by atoms with Gasteiger partial charge in [-0.05, 0) is 24.8 Å². The molecule has 0 saturated heterocycles. The molecule has 4 nitrogen and oxygen atoms in total. The Kier molecular flexibility index (Phi) is 5.40. The first-order valence-electron chi connectivity index (χ1n) is 7.74. The van der Waals surface area contributed by atoms with E-state index in [-0.39, 0.29) is 0 Å². The molecule has 1 aliphatic carbocycles. The van der Waals surface area contributed by atoms with E-state index in [1.54, 1.807) is 0 Å². The van der Waals surface area contributed by atoms with Gasteiger partial charge in [0.15, 0.2) is 0 Å². The van der Waals surface area contributed by atoms with Gasteiger partial charge < -0.3 is 0 Å². The molecular weight excluding hydrogens is 236 g/mol. The minimum absolute atomic E-state index is 0.319. The minimum Gasteiger partial charge on any atom is -0.271 e. The van der Waals surface area contributed by atoms with Crippen LogP contribution in [0.4, 0.5) is 0 Å². The summed E-state index contributed by atoms with van der Waals surface area (Å²) in [6, 6.07) is 3.09. The van der Waals surface area contributed by atoms with Gasteiger partial charge in [-0.2, -0.15) is 5.10 Å². The lowest BCUT2D eigenvalue weighted by molar-refractivity contribution is 0.324. The van der Waals surface area contributed by atoms with Crippen LogP contribution in [-0.4, -0.2) is 15.8 Å². The molecule has 0 aliphatic heterocycles. The predicted molar refractivity (Wildman–Crippen MR) is 78.6 cm³/mol. The van der Waals surface area contributed by atoms with Crippen LogP contribution in [0.2, 0.25) is 0 Å². The van der Waals surface area contributed by atoms with Gasteiger partial charge in [0, 0.05) is 18.7 Å². The van der Waals surface area contributed by atoms with E-state index in [0.717, 1.165) is 18.5 Å². The third-order valence-corrected chi connectivity index (χ3v) is 4.59. The molecule has 0 amide bonds. The topological polar surface area (TPSA) is 55.9 Å². The summed E-state index contributed by atoms with van der Waals surface area (Å²) in [5.74, 6) is 6.24. The van der Waals surface area contributed by atoms with Gasteiger partial charge in [0.25, 0.3) is 0 Å². The monoisotopic (exact) mass is 264 g/mol. The number of hydrogen-bond acceptors (Lipinski definition) is 3. The van der Waals surface area contributed by atoms with Crippen LogP contribution < -0.4 is 11.3 Å². The fourth-order valence-corrected chi connectivity index (χ4v) is 2.97. The van der Waals surface area contributed by atoms with Crippen LogP contribution in [0.1, 0.15) is 64.1 Å². The summed E-state index contributed by atoms with van der Waals surface area (Å²) >= 11 is 0. The van der Waals surface area contributed by atoms with E-state index in [1.807, 2.05) is 0 Å². The second-order valence-corrected chi connectivity index (χ2v) is 5.94. The second-order valence-electron chi connectivity index (χ2n) is 5.94. The van der Waals surface area contributed by atoms with Crippen molar-refractivity contribution in [1.82, 2.24) is 15.2 Å². The van der Waals surface area contributed by atoms with Crippen LogP contribution in [0.5, 0.6) is 0 Å². The quantitative estimate of drug-likeness (QED) is 0.613. The van der Waals surface area contributed by atoms with E-state index >= 15 is 0 Å². The van der Waals surface area contributed by atoms with E-state index in [9.17, 15) is 0 Å². The van der Waals surface area contributed by atoms with Gasteiger partial charge in [-0.15, -0.1) is 0 Å². The summed E-state index contributed by atoms with van der Waals surface area (Å²) in [6.07, 6.45) is 10.9. The van der Waals surface area contributed by atoms with Crippen molar-refractivity contribution >= 4 is 0 Å². The Morgan fingerprint density at radius 2 is 2.16 bits per heavy atom. The van der Waals surface area contributed by atoms with E-state index in [1.165, 1.54) is 32.1 Å². The molecule has 1 aliphatic rings. The van der Waals surface area contributed by atoms with Gasteiger partial charge in [0.05, 0.1) is 11.7 Å². The Morgan fingerprint density at radius 1 is 1.42 bits per heavy atom. The molecule has 108 valence electrons. The first-order chi connectivity index (χ1) is 9.24. The SMILES string of the molecule is CCC(C)C(Cc1ccn(C2CCCCC2)n1)NN.